The molecule has 25 heavy (non-hydrogen) atoms. The minimum atomic E-state index is 0.526. The van der Waals surface area contributed by atoms with E-state index in [1.807, 2.05) is 57.2 Å². The standard InChI is InChI=1S/C19H26N4O2/c1-4-20-19(21-5-2)23-14-15-11-12-18(22-13-15)25-17-10-8-7-9-16(17)24-6-3/h7-13H,4-6,14H2,1-3H3,(H2,20,21,23). The van der Waals surface area contributed by atoms with Crippen LogP contribution in [0.4, 0.5) is 0 Å². The molecule has 0 aliphatic carbocycles. The van der Waals surface area contributed by atoms with E-state index < -0.39 is 0 Å². The summed E-state index contributed by atoms with van der Waals surface area (Å²) in [5.41, 5.74) is 1.01. The fourth-order valence-electron chi connectivity index (χ4n) is 2.17. The molecule has 1 aromatic heterocycles. The minimum absolute atomic E-state index is 0.526. The lowest BCUT2D eigenvalue weighted by molar-refractivity contribution is 0.319. The average Bonchev–Trinajstić information content (AvgIpc) is 2.63. The minimum Gasteiger partial charge on any atom is -0.490 e. The number of ether oxygens (including phenoxy) is 2. The molecule has 2 rings (SSSR count). The lowest BCUT2D eigenvalue weighted by Crippen LogP contribution is -2.36. The van der Waals surface area contributed by atoms with Crippen LogP contribution < -0.4 is 20.1 Å². The van der Waals surface area contributed by atoms with Crippen molar-refractivity contribution in [3.63, 3.8) is 0 Å². The van der Waals surface area contributed by atoms with Crippen molar-refractivity contribution >= 4 is 5.96 Å². The van der Waals surface area contributed by atoms with E-state index in [4.69, 9.17) is 9.47 Å². The van der Waals surface area contributed by atoms with Gasteiger partial charge in [-0.1, -0.05) is 18.2 Å². The van der Waals surface area contributed by atoms with E-state index in [2.05, 4.69) is 20.6 Å². The number of para-hydroxylation sites is 2. The highest BCUT2D eigenvalue weighted by Crippen LogP contribution is 2.30. The van der Waals surface area contributed by atoms with Crippen LogP contribution in [0.25, 0.3) is 0 Å². The van der Waals surface area contributed by atoms with E-state index in [9.17, 15) is 0 Å². The zero-order valence-corrected chi connectivity index (χ0v) is 15.1. The van der Waals surface area contributed by atoms with Crippen molar-refractivity contribution in [2.45, 2.75) is 27.3 Å². The molecule has 6 nitrogen and oxygen atoms in total. The van der Waals surface area contributed by atoms with Gasteiger partial charge < -0.3 is 20.1 Å². The largest absolute Gasteiger partial charge is 0.490 e. The van der Waals surface area contributed by atoms with Gasteiger partial charge in [0.1, 0.15) is 0 Å². The van der Waals surface area contributed by atoms with Crippen LogP contribution in [0.2, 0.25) is 0 Å². The first-order valence-corrected chi connectivity index (χ1v) is 8.63. The van der Waals surface area contributed by atoms with Crippen LogP contribution in [0, 0.1) is 0 Å². The Bertz CT molecular complexity index is 663. The van der Waals surface area contributed by atoms with Crippen molar-refractivity contribution in [3.8, 4) is 17.4 Å². The van der Waals surface area contributed by atoms with Gasteiger partial charge in [-0.3, -0.25) is 0 Å². The van der Waals surface area contributed by atoms with Crippen LogP contribution in [0.3, 0.4) is 0 Å². The lowest BCUT2D eigenvalue weighted by atomic mass is 10.3. The van der Waals surface area contributed by atoms with Gasteiger partial charge in [-0.2, -0.15) is 0 Å². The summed E-state index contributed by atoms with van der Waals surface area (Å²) >= 11 is 0. The molecule has 134 valence electrons. The fourth-order valence-corrected chi connectivity index (χ4v) is 2.17. The molecule has 6 heteroatoms. The first-order chi connectivity index (χ1) is 12.3. The van der Waals surface area contributed by atoms with Gasteiger partial charge in [0.15, 0.2) is 17.5 Å². The summed E-state index contributed by atoms with van der Waals surface area (Å²) < 4.78 is 11.4. The summed E-state index contributed by atoms with van der Waals surface area (Å²) in [5.74, 6) is 2.69. The van der Waals surface area contributed by atoms with E-state index in [-0.39, 0.29) is 0 Å². The zero-order chi connectivity index (χ0) is 17.9. The Hall–Kier alpha value is -2.76. The quantitative estimate of drug-likeness (QED) is 0.569. The molecule has 0 unspecified atom stereocenters. The molecule has 0 saturated heterocycles. The molecule has 1 heterocycles. The van der Waals surface area contributed by atoms with Crippen molar-refractivity contribution in [1.82, 2.24) is 15.6 Å². The maximum Gasteiger partial charge on any atom is 0.219 e. The average molecular weight is 342 g/mol. The number of pyridine rings is 1. The molecule has 0 atom stereocenters. The summed E-state index contributed by atoms with van der Waals surface area (Å²) in [4.78, 5) is 8.88. The van der Waals surface area contributed by atoms with Gasteiger partial charge in [-0.25, -0.2) is 9.98 Å². The highest BCUT2D eigenvalue weighted by Gasteiger charge is 2.06. The third-order valence-electron chi connectivity index (χ3n) is 3.27. The number of aromatic nitrogens is 1. The number of benzene rings is 1. The van der Waals surface area contributed by atoms with E-state index in [1.54, 1.807) is 6.20 Å². The summed E-state index contributed by atoms with van der Waals surface area (Å²) in [7, 11) is 0. The zero-order valence-electron chi connectivity index (χ0n) is 15.1. The topological polar surface area (TPSA) is 67.8 Å². The van der Waals surface area contributed by atoms with Crippen LogP contribution in [0.5, 0.6) is 17.4 Å². The Balaban J connectivity index is 2.01. The van der Waals surface area contributed by atoms with Crippen molar-refractivity contribution < 1.29 is 9.47 Å². The molecule has 0 amide bonds. The summed E-state index contributed by atoms with van der Waals surface area (Å²) in [6, 6.07) is 11.4. The monoisotopic (exact) mass is 342 g/mol. The van der Waals surface area contributed by atoms with E-state index in [0.29, 0.717) is 30.5 Å². The Kier molecular flexibility index (Phi) is 7.56. The molecular weight excluding hydrogens is 316 g/mol. The van der Waals surface area contributed by atoms with Crippen LogP contribution in [0.1, 0.15) is 26.3 Å². The van der Waals surface area contributed by atoms with Crippen molar-refractivity contribution in [2.24, 2.45) is 4.99 Å². The van der Waals surface area contributed by atoms with Crippen LogP contribution >= 0.6 is 0 Å². The molecule has 0 aliphatic heterocycles. The highest BCUT2D eigenvalue weighted by molar-refractivity contribution is 5.79. The van der Waals surface area contributed by atoms with Crippen molar-refractivity contribution in [1.29, 1.82) is 0 Å². The normalized spacial score (nSPS) is 10.0. The van der Waals surface area contributed by atoms with Gasteiger partial charge in [-0.15, -0.1) is 0 Å². The predicted octanol–water partition coefficient (Wildman–Crippen LogP) is 3.35. The first-order valence-electron chi connectivity index (χ1n) is 8.63. The first kappa shape index (κ1) is 18.6. The summed E-state index contributed by atoms with van der Waals surface area (Å²) in [6.45, 7) is 8.83. The second kappa shape index (κ2) is 10.2. The number of hydrogen-bond acceptors (Lipinski definition) is 4. The number of rotatable bonds is 8. The summed E-state index contributed by atoms with van der Waals surface area (Å²) in [5, 5.41) is 6.39. The van der Waals surface area contributed by atoms with E-state index in [0.717, 1.165) is 24.6 Å². The molecule has 0 aliphatic rings. The highest BCUT2D eigenvalue weighted by atomic mass is 16.5. The number of aliphatic imine (C=N–C) groups is 1. The molecule has 0 fully saturated rings. The van der Waals surface area contributed by atoms with Gasteiger partial charge in [0.25, 0.3) is 0 Å². The maximum atomic E-state index is 5.82. The van der Waals surface area contributed by atoms with Gasteiger partial charge in [0.2, 0.25) is 5.88 Å². The number of guanidine groups is 1. The molecular formula is C19H26N4O2. The molecule has 0 spiro atoms. The van der Waals surface area contributed by atoms with Crippen molar-refractivity contribution in [2.75, 3.05) is 19.7 Å². The van der Waals surface area contributed by atoms with E-state index in [1.165, 1.54) is 0 Å². The van der Waals surface area contributed by atoms with Crippen LogP contribution in [-0.4, -0.2) is 30.6 Å². The molecule has 1 aromatic carbocycles. The second-order valence-electron chi connectivity index (χ2n) is 5.21. The lowest BCUT2D eigenvalue weighted by Gasteiger charge is -2.11. The summed E-state index contributed by atoms with van der Waals surface area (Å²) in [6.07, 6.45) is 1.78. The van der Waals surface area contributed by atoms with Gasteiger partial charge in [0.05, 0.1) is 13.2 Å². The number of hydrogen-bond donors (Lipinski definition) is 2. The second-order valence-corrected chi connectivity index (χ2v) is 5.21. The Morgan fingerprint density at radius 3 is 2.32 bits per heavy atom. The molecule has 0 saturated carbocycles. The molecule has 2 aromatic rings. The van der Waals surface area contributed by atoms with Gasteiger partial charge in [0, 0.05) is 25.4 Å². The van der Waals surface area contributed by atoms with Gasteiger partial charge >= 0.3 is 0 Å². The predicted molar refractivity (Wildman–Crippen MR) is 100 cm³/mol. The Morgan fingerprint density at radius 1 is 1.00 bits per heavy atom. The molecule has 0 bridgehead atoms. The number of nitrogens with one attached hydrogen (secondary N) is 2. The molecule has 2 N–H and O–H groups in total. The smallest absolute Gasteiger partial charge is 0.219 e. The Morgan fingerprint density at radius 2 is 1.72 bits per heavy atom. The fraction of sp³-hybridized carbons (Fsp3) is 0.368. The SMILES string of the molecule is CCNC(=NCc1ccc(Oc2ccccc2OCC)nc1)NCC. The third kappa shape index (κ3) is 5.99. The van der Waals surface area contributed by atoms with Crippen molar-refractivity contribution in [3.05, 3.63) is 48.2 Å². The Labute approximate surface area is 149 Å². The number of nitrogens with zero attached hydrogens (tertiary/aromatic N) is 2. The van der Waals surface area contributed by atoms with Gasteiger partial charge in [-0.05, 0) is 38.5 Å². The third-order valence-corrected chi connectivity index (χ3v) is 3.27. The molecule has 0 radical (unpaired) electrons. The maximum absolute atomic E-state index is 5.82. The van der Waals surface area contributed by atoms with Crippen LogP contribution in [-0.2, 0) is 6.54 Å². The van der Waals surface area contributed by atoms with Crippen LogP contribution in [0.15, 0.2) is 47.6 Å². The van der Waals surface area contributed by atoms with E-state index >= 15 is 0 Å².